The molecule has 0 amide bonds. The van der Waals surface area contributed by atoms with Gasteiger partial charge < -0.3 is 10.1 Å². The summed E-state index contributed by atoms with van der Waals surface area (Å²) in [6, 6.07) is 0.335. The van der Waals surface area contributed by atoms with E-state index in [9.17, 15) is 8.42 Å². The topological polar surface area (TPSA) is 55.4 Å². The summed E-state index contributed by atoms with van der Waals surface area (Å²) in [6.45, 7) is 2.90. The van der Waals surface area contributed by atoms with Crippen molar-refractivity contribution in [1.82, 2.24) is 5.32 Å². The lowest BCUT2D eigenvalue weighted by atomic mass is 10.2. The molecule has 0 heterocycles. The van der Waals surface area contributed by atoms with Crippen molar-refractivity contribution in [3.8, 4) is 0 Å². The van der Waals surface area contributed by atoms with Crippen molar-refractivity contribution >= 4 is 9.84 Å². The SMILES string of the molecule is CCS(=O)(=O)CCNC(COC)C1CC1. The molecule has 0 saturated heterocycles. The van der Waals surface area contributed by atoms with Crippen LogP contribution in [0.15, 0.2) is 0 Å². The fraction of sp³-hybridized carbons (Fsp3) is 1.00. The average molecular weight is 235 g/mol. The number of hydrogen-bond donors (Lipinski definition) is 1. The summed E-state index contributed by atoms with van der Waals surface area (Å²) < 4.78 is 27.6. The second kappa shape index (κ2) is 5.82. The first kappa shape index (κ1) is 12.9. The molecule has 0 aromatic rings. The molecule has 15 heavy (non-hydrogen) atoms. The van der Waals surface area contributed by atoms with Crippen LogP contribution in [0.2, 0.25) is 0 Å². The molecule has 0 aliphatic heterocycles. The minimum absolute atomic E-state index is 0.229. The van der Waals surface area contributed by atoms with Gasteiger partial charge in [-0.1, -0.05) is 6.92 Å². The third-order valence-electron chi connectivity index (χ3n) is 2.80. The van der Waals surface area contributed by atoms with Gasteiger partial charge in [-0.15, -0.1) is 0 Å². The monoisotopic (exact) mass is 235 g/mol. The fourth-order valence-corrected chi connectivity index (χ4v) is 2.30. The molecule has 1 fully saturated rings. The van der Waals surface area contributed by atoms with E-state index < -0.39 is 9.84 Å². The molecule has 1 rings (SSSR count). The van der Waals surface area contributed by atoms with E-state index >= 15 is 0 Å². The van der Waals surface area contributed by atoms with Crippen LogP contribution in [0.4, 0.5) is 0 Å². The van der Waals surface area contributed by atoms with Crippen LogP contribution in [0.25, 0.3) is 0 Å². The first-order chi connectivity index (χ1) is 7.09. The van der Waals surface area contributed by atoms with Crippen LogP contribution >= 0.6 is 0 Å². The van der Waals surface area contributed by atoms with Gasteiger partial charge in [0.05, 0.1) is 12.4 Å². The quantitative estimate of drug-likeness (QED) is 0.663. The highest BCUT2D eigenvalue weighted by Crippen LogP contribution is 2.32. The van der Waals surface area contributed by atoms with E-state index in [1.807, 2.05) is 0 Å². The summed E-state index contributed by atoms with van der Waals surface area (Å²) in [5.41, 5.74) is 0. The van der Waals surface area contributed by atoms with Crippen molar-refractivity contribution in [3.05, 3.63) is 0 Å². The summed E-state index contributed by atoms with van der Waals surface area (Å²) in [6.07, 6.45) is 2.48. The Morgan fingerprint density at radius 3 is 2.60 bits per heavy atom. The minimum atomic E-state index is -2.84. The smallest absolute Gasteiger partial charge is 0.151 e. The maximum Gasteiger partial charge on any atom is 0.151 e. The van der Waals surface area contributed by atoms with E-state index in [-0.39, 0.29) is 11.5 Å². The van der Waals surface area contributed by atoms with Crippen molar-refractivity contribution in [2.75, 3.05) is 31.8 Å². The summed E-state index contributed by atoms with van der Waals surface area (Å²) in [5.74, 6) is 1.15. The number of hydrogen-bond acceptors (Lipinski definition) is 4. The fourth-order valence-electron chi connectivity index (χ4n) is 1.58. The number of methoxy groups -OCH3 is 1. The molecule has 1 atom stereocenters. The molecule has 0 bridgehead atoms. The number of rotatable bonds is 8. The van der Waals surface area contributed by atoms with Gasteiger partial charge in [0, 0.05) is 25.4 Å². The van der Waals surface area contributed by atoms with Crippen LogP contribution in [0.1, 0.15) is 19.8 Å². The normalized spacial score (nSPS) is 19.1. The first-order valence-corrected chi connectivity index (χ1v) is 7.34. The Labute approximate surface area is 92.3 Å². The second-order valence-electron chi connectivity index (χ2n) is 4.09. The van der Waals surface area contributed by atoms with Gasteiger partial charge in [0.25, 0.3) is 0 Å². The highest BCUT2D eigenvalue weighted by Gasteiger charge is 2.30. The van der Waals surface area contributed by atoms with E-state index in [1.165, 1.54) is 12.8 Å². The van der Waals surface area contributed by atoms with Crippen molar-refractivity contribution in [1.29, 1.82) is 0 Å². The Morgan fingerprint density at radius 1 is 1.47 bits per heavy atom. The van der Waals surface area contributed by atoms with Crippen LogP contribution in [0.3, 0.4) is 0 Å². The lowest BCUT2D eigenvalue weighted by Gasteiger charge is -2.16. The lowest BCUT2D eigenvalue weighted by Crippen LogP contribution is -2.38. The van der Waals surface area contributed by atoms with Crippen molar-refractivity contribution in [3.63, 3.8) is 0 Å². The predicted molar refractivity (Wildman–Crippen MR) is 60.7 cm³/mol. The van der Waals surface area contributed by atoms with Crippen LogP contribution in [0, 0.1) is 5.92 Å². The zero-order chi connectivity index (χ0) is 11.3. The molecule has 1 aliphatic carbocycles. The molecule has 5 heteroatoms. The lowest BCUT2D eigenvalue weighted by molar-refractivity contribution is 0.158. The number of nitrogens with one attached hydrogen (secondary N) is 1. The van der Waals surface area contributed by atoms with Gasteiger partial charge in [-0.25, -0.2) is 8.42 Å². The zero-order valence-corrected chi connectivity index (χ0v) is 10.3. The Hall–Kier alpha value is -0.130. The van der Waals surface area contributed by atoms with E-state index in [4.69, 9.17) is 4.74 Å². The molecule has 1 aliphatic rings. The van der Waals surface area contributed by atoms with E-state index in [0.29, 0.717) is 25.1 Å². The maximum atomic E-state index is 11.3. The van der Waals surface area contributed by atoms with Gasteiger partial charge in [0.1, 0.15) is 0 Å². The largest absolute Gasteiger partial charge is 0.383 e. The molecule has 1 saturated carbocycles. The van der Waals surface area contributed by atoms with Gasteiger partial charge in [0.2, 0.25) is 0 Å². The molecule has 1 unspecified atom stereocenters. The first-order valence-electron chi connectivity index (χ1n) is 5.52. The zero-order valence-electron chi connectivity index (χ0n) is 9.53. The van der Waals surface area contributed by atoms with Gasteiger partial charge in [-0.3, -0.25) is 0 Å². The third kappa shape index (κ3) is 4.95. The molecule has 0 spiro atoms. The van der Waals surface area contributed by atoms with Crippen LogP contribution in [-0.4, -0.2) is 46.2 Å². The molecule has 1 N–H and O–H groups in total. The van der Waals surface area contributed by atoms with Crippen molar-refractivity contribution in [2.24, 2.45) is 5.92 Å². The van der Waals surface area contributed by atoms with Crippen molar-refractivity contribution < 1.29 is 13.2 Å². The van der Waals surface area contributed by atoms with Crippen LogP contribution < -0.4 is 5.32 Å². The second-order valence-corrected chi connectivity index (χ2v) is 6.56. The summed E-state index contributed by atoms with van der Waals surface area (Å²) >= 11 is 0. The molecule has 0 radical (unpaired) electrons. The minimum Gasteiger partial charge on any atom is -0.383 e. The number of sulfone groups is 1. The van der Waals surface area contributed by atoms with Gasteiger partial charge in [0.15, 0.2) is 9.84 Å². The van der Waals surface area contributed by atoms with Gasteiger partial charge in [-0.2, -0.15) is 0 Å². The van der Waals surface area contributed by atoms with E-state index in [2.05, 4.69) is 5.32 Å². The molecule has 0 aromatic carbocycles. The van der Waals surface area contributed by atoms with Crippen LogP contribution in [-0.2, 0) is 14.6 Å². The van der Waals surface area contributed by atoms with E-state index in [1.54, 1.807) is 14.0 Å². The molecular formula is C10H21NO3S. The molecular weight excluding hydrogens is 214 g/mol. The van der Waals surface area contributed by atoms with Crippen LogP contribution in [0.5, 0.6) is 0 Å². The van der Waals surface area contributed by atoms with E-state index in [0.717, 1.165) is 0 Å². The Bertz CT molecular complexity index is 272. The standard InChI is InChI=1S/C10H21NO3S/c1-3-15(12,13)7-6-11-10(8-14-2)9-4-5-9/h9-11H,3-8H2,1-2H3. The Kier molecular flexibility index (Phi) is 5.02. The summed E-state index contributed by atoms with van der Waals surface area (Å²) in [4.78, 5) is 0. The highest BCUT2D eigenvalue weighted by molar-refractivity contribution is 7.91. The van der Waals surface area contributed by atoms with Gasteiger partial charge in [-0.05, 0) is 18.8 Å². The Balaban J connectivity index is 2.22. The van der Waals surface area contributed by atoms with Gasteiger partial charge >= 0.3 is 0 Å². The number of ether oxygens (including phenoxy) is 1. The third-order valence-corrected chi connectivity index (χ3v) is 4.50. The maximum absolute atomic E-state index is 11.3. The Morgan fingerprint density at radius 2 is 2.13 bits per heavy atom. The molecule has 90 valence electrons. The predicted octanol–water partition coefficient (Wildman–Crippen LogP) is 0.436. The molecule has 0 aromatic heterocycles. The molecule has 4 nitrogen and oxygen atoms in total. The summed E-state index contributed by atoms with van der Waals surface area (Å²) in [5, 5.41) is 3.27. The van der Waals surface area contributed by atoms with Crippen molar-refractivity contribution in [2.45, 2.75) is 25.8 Å². The average Bonchev–Trinajstić information content (AvgIpc) is 3.00. The summed E-state index contributed by atoms with van der Waals surface area (Å²) in [7, 11) is -1.16. The highest BCUT2D eigenvalue weighted by atomic mass is 32.2.